The number of halogens is 1. The van der Waals surface area contributed by atoms with E-state index in [9.17, 15) is 4.79 Å². The maximum absolute atomic E-state index is 11.9. The Balaban J connectivity index is 1.93. The fourth-order valence-corrected chi connectivity index (χ4v) is 2.10. The Morgan fingerprint density at radius 1 is 1.45 bits per heavy atom. The maximum Gasteiger partial charge on any atom is 0.251 e. The second kappa shape index (κ2) is 7.33. The lowest BCUT2D eigenvalue weighted by Crippen LogP contribution is -2.24. The number of amides is 1. The van der Waals surface area contributed by atoms with Crippen LogP contribution in [0.15, 0.2) is 18.2 Å². The molecule has 0 spiro atoms. The Bertz CT molecular complexity index is 541. The van der Waals surface area contributed by atoms with Crippen LogP contribution < -0.4 is 5.32 Å². The topological polar surface area (TPSA) is 49.3 Å². The van der Waals surface area contributed by atoms with E-state index in [-0.39, 0.29) is 12.5 Å². The number of aliphatic hydroxyl groups excluding tert-OH is 1. The number of aliphatic hydroxyl groups is 1. The number of hydrogen-bond donors (Lipinski definition) is 2. The Morgan fingerprint density at radius 2 is 2.25 bits per heavy atom. The first-order valence-corrected chi connectivity index (χ1v) is 7.26. The van der Waals surface area contributed by atoms with Gasteiger partial charge in [-0.25, -0.2) is 0 Å². The second-order valence-electron chi connectivity index (χ2n) is 4.96. The van der Waals surface area contributed by atoms with Crippen LogP contribution in [0.1, 0.15) is 41.6 Å². The molecule has 1 aromatic carbocycles. The van der Waals surface area contributed by atoms with Crippen molar-refractivity contribution in [3.63, 3.8) is 0 Å². The number of carbonyl (C=O) groups is 1. The Labute approximate surface area is 124 Å². The molecule has 0 atom stereocenters. The molecular weight excluding hydrogens is 274 g/mol. The largest absolute Gasteiger partial charge is 0.395 e. The molecule has 1 saturated carbocycles. The Morgan fingerprint density at radius 3 is 2.90 bits per heavy atom. The third-order valence-corrected chi connectivity index (χ3v) is 3.54. The van der Waals surface area contributed by atoms with Crippen LogP contribution in [0.5, 0.6) is 0 Å². The third-order valence-electron chi connectivity index (χ3n) is 3.23. The van der Waals surface area contributed by atoms with Gasteiger partial charge in [-0.15, -0.1) is 0 Å². The summed E-state index contributed by atoms with van der Waals surface area (Å²) in [5, 5.41) is 12.0. The van der Waals surface area contributed by atoms with Crippen molar-refractivity contribution in [1.29, 1.82) is 0 Å². The first-order valence-electron chi connectivity index (χ1n) is 6.88. The summed E-state index contributed by atoms with van der Waals surface area (Å²) in [6.07, 6.45) is 4.07. The number of nitrogens with one attached hydrogen (secondary N) is 1. The number of benzene rings is 1. The third kappa shape index (κ3) is 4.56. The van der Waals surface area contributed by atoms with Crippen molar-refractivity contribution in [2.75, 3.05) is 13.2 Å². The molecule has 1 aliphatic rings. The average Bonchev–Trinajstić information content (AvgIpc) is 3.25. The first kappa shape index (κ1) is 14.9. The van der Waals surface area contributed by atoms with Crippen LogP contribution in [0.2, 0.25) is 5.02 Å². The van der Waals surface area contributed by atoms with Crippen LogP contribution in [-0.4, -0.2) is 24.2 Å². The van der Waals surface area contributed by atoms with Crippen LogP contribution in [-0.2, 0) is 0 Å². The standard InChI is InChI=1S/C16H18ClNO2/c17-15-11-14(7-6-13(15)3-1-2-10-19)16(20)18-9-8-12-4-5-12/h6-7,11-12,19H,2,4-5,8-10H2,(H,18,20). The number of hydrogen-bond acceptors (Lipinski definition) is 2. The lowest BCUT2D eigenvalue weighted by Gasteiger charge is -2.05. The van der Waals surface area contributed by atoms with E-state index in [1.807, 2.05) is 0 Å². The minimum absolute atomic E-state index is 0.0338. The van der Waals surface area contributed by atoms with E-state index in [0.717, 1.165) is 18.9 Å². The average molecular weight is 292 g/mol. The van der Waals surface area contributed by atoms with Crippen LogP contribution in [0.3, 0.4) is 0 Å². The fraction of sp³-hybridized carbons (Fsp3) is 0.438. The van der Waals surface area contributed by atoms with E-state index in [1.165, 1.54) is 12.8 Å². The molecule has 0 aromatic heterocycles. The van der Waals surface area contributed by atoms with Crippen LogP contribution in [0.4, 0.5) is 0 Å². The van der Waals surface area contributed by atoms with Crippen molar-refractivity contribution in [3.05, 3.63) is 34.3 Å². The lowest BCUT2D eigenvalue weighted by molar-refractivity contribution is 0.0952. The van der Waals surface area contributed by atoms with Crippen molar-refractivity contribution in [1.82, 2.24) is 5.32 Å². The van der Waals surface area contributed by atoms with E-state index < -0.39 is 0 Å². The molecule has 106 valence electrons. The zero-order chi connectivity index (χ0) is 14.4. The quantitative estimate of drug-likeness (QED) is 0.819. The molecule has 1 aliphatic carbocycles. The zero-order valence-corrected chi connectivity index (χ0v) is 12.0. The van der Waals surface area contributed by atoms with Gasteiger partial charge in [0.15, 0.2) is 0 Å². The van der Waals surface area contributed by atoms with Gasteiger partial charge in [-0.05, 0) is 30.5 Å². The Hall–Kier alpha value is -1.50. The zero-order valence-electron chi connectivity index (χ0n) is 11.3. The maximum atomic E-state index is 11.9. The molecule has 0 aliphatic heterocycles. The molecule has 2 rings (SSSR count). The van der Waals surface area contributed by atoms with Crippen molar-refractivity contribution in [2.45, 2.75) is 25.7 Å². The summed E-state index contributed by atoms with van der Waals surface area (Å²) in [5.41, 5.74) is 1.23. The number of carbonyl (C=O) groups excluding carboxylic acids is 1. The molecule has 0 unspecified atom stereocenters. The normalized spacial score (nSPS) is 13.5. The molecule has 2 N–H and O–H groups in total. The summed E-state index contributed by atoms with van der Waals surface area (Å²) >= 11 is 6.10. The molecule has 0 radical (unpaired) electrons. The molecule has 1 aromatic rings. The molecule has 0 heterocycles. The predicted octanol–water partition coefficient (Wildman–Crippen LogP) is 2.60. The molecule has 0 saturated heterocycles. The molecular formula is C16H18ClNO2. The Kier molecular flexibility index (Phi) is 5.46. The number of rotatable bonds is 5. The minimum atomic E-state index is -0.0950. The predicted molar refractivity (Wildman–Crippen MR) is 79.7 cm³/mol. The SMILES string of the molecule is O=C(NCCC1CC1)c1ccc(C#CCCO)c(Cl)c1. The van der Waals surface area contributed by atoms with E-state index >= 15 is 0 Å². The monoisotopic (exact) mass is 291 g/mol. The minimum Gasteiger partial charge on any atom is -0.395 e. The summed E-state index contributed by atoms with van der Waals surface area (Å²) < 4.78 is 0. The van der Waals surface area contributed by atoms with Gasteiger partial charge in [0, 0.05) is 24.1 Å². The summed E-state index contributed by atoms with van der Waals surface area (Å²) in [5.74, 6) is 6.40. The van der Waals surface area contributed by atoms with Gasteiger partial charge in [0.25, 0.3) is 5.91 Å². The molecule has 20 heavy (non-hydrogen) atoms. The van der Waals surface area contributed by atoms with Gasteiger partial charge in [-0.1, -0.05) is 36.3 Å². The summed E-state index contributed by atoms with van der Waals surface area (Å²) in [7, 11) is 0. The summed E-state index contributed by atoms with van der Waals surface area (Å²) in [6, 6.07) is 5.10. The van der Waals surface area contributed by atoms with Crippen LogP contribution >= 0.6 is 11.6 Å². The molecule has 0 bridgehead atoms. The summed E-state index contributed by atoms with van der Waals surface area (Å²) in [6.45, 7) is 0.755. The highest BCUT2D eigenvalue weighted by molar-refractivity contribution is 6.32. The van der Waals surface area contributed by atoms with E-state index in [0.29, 0.717) is 22.6 Å². The van der Waals surface area contributed by atoms with Gasteiger partial charge in [0.05, 0.1) is 11.6 Å². The fourth-order valence-electron chi connectivity index (χ4n) is 1.87. The van der Waals surface area contributed by atoms with Crippen molar-refractivity contribution in [3.8, 4) is 11.8 Å². The van der Waals surface area contributed by atoms with Crippen LogP contribution in [0.25, 0.3) is 0 Å². The van der Waals surface area contributed by atoms with Gasteiger partial charge in [-0.3, -0.25) is 4.79 Å². The van der Waals surface area contributed by atoms with E-state index in [4.69, 9.17) is 16.7 Å². The molecule has 4 heteroatoms. The second-order valence-corrected chi connectivity index (χ2v) is 5.37. The van der Waals surface area contributed by atoms with Crippen molar-refractivity contribution in [2.24, 2.45) is 5.92 Å². The smallest absolute Gasteiger partial charge is 0.251 e. The van der Waals surface area contributed by atoms with E-state index in [2.05, 4.69) is 17.2 Å². The van der Waals surface area contributed by atoms with Gasteiger partial charge in [-0.2, -0.15) is 0 Å². The van der Waals surface area contributed by atoms with Crippen molar-refractivity contribution < 1.29 is 9.90 Å². The van der Waals surface area contributed by atoms with Gasteiger partial charge < -0.3 is 10.4 Å². The molecule has 1 amide bonds. The van der Waals surface area contributed by atoms with Crippen molar-refractivity contribution >= 4 is 17.5 Å². The van der Waals surface area contributed by atoms with Gasteiger partial charge >= 0.3 is 0 Å². The lowest BCUT2D eigenvalue weighted by atomic mass is 10.1. The van der Waals surface area contributed by atoms with Crippen LogP contribution in [0, 0.1) is 17.8 Å². The highest BCUT2D eigenvalue weighted by atomic mass is 35.5. The van der Waals surface area contributed by atoms with Gasteiger partial charge in [0.1, 0.15) is 0 Å². The first-order chi connectivity index (χ1) is 9.70. The van der Waals surface area contributed by atoms with Gasteiger partial charge in [0.2, 0.25) is 0 Å². The molecule has 3 nitrogen and oxygen atoms in total. The van der Waals surface area contributed by atoms with E-state index in [1.54, 1.807) is 18.2 Å². The summed E-state index contributed by atoms with van der Waals surface area (Å²) in [4.78, 5) is 11.9. The highest BCUT2D eigenvalue weighted by Crippen LogP contribution is 2.31. The molecule has 1 fully saturated rings. The highest BCUT2D eigenvalue weighted by Gasteiger charge is 2.20.